The van der Waals surface area contributed by atoms with Gasteiger partial charge >= 0.3 is 0 Å². The molecule has 1 aromatic carbocycles. The number of nitrogens with one attached hydrogen (secondary N) is 1. The molecule has 0 saturated carbocycles. The van der Waals surface area contributed by atoms with Gasteiger partial charge in [-0.3, -0.25) is 9.52 Å². The molecule has 3 N–H and O–H groups in total. The molecule has 0 saturated heterocycles. The van der Waals surface area contributed by atoms with Gasteiger partial charge in [0.2, 0.25) is 0 Å². The van der Waals surface area contributed by atoms with E-state index in [1.165, 1.54) is 11.3 Å². The van der Waals surface area contributed by atoms with Gasteiger partial charge in [-0.2, -0.15) is 0 Å². The molecule has 7 heteroatoms. The monoisotopic (exact) mass is 406 g/mol. The molecule has 0 unspecified atom stereocenters. The number of carbonyl (C=O) groups is 1. The van der Waals surface area contributed by atoms with Crippen molar-refractivity contribution in [3.8, 4) is 0 Å². The van der Waals surface area contributed by atoms with Crippen molar-refractivity contribution in [2.24, 2.45) is 11.7 Å². The van der Waals surface area contributed by atoms with Crippen molar-refractivity contribution in [3.05, 3.63) is 45.8 Å². The SMILES string of the molecule is C[C@@H]1CCc2c(sc(NS(=O)(=O)c3ccc(C(C)(C)C)cc3)c2C(N)=O)C1. The fraction of sp³-hybridized carbons (Fsp3) is 0.450. The average Bonchev–Trinajstić information content (AvgIpc) is 2.90. The van der Waals surface area contributed by atoms with E-state index in [4.69, 9.17) is 5.73 Å². The van der Waals surface area contributed by atoms with Crippen molar-refractivity contribution in [1.82, 2.24) is 0 Å². The second-order valence-electron chi connectivity index (χ2n) is 8.30. The number of hydrogen-bond donors (Lipinski definition) is 2. The number of nitrogens with two attached hydrogens (primary N) is 1. The number of benzene rings is 1. The highest BCUT2D eigenvalue weighted by atomic mass is 32.2. The molecule has 0 bridgehead atoms. The van der Waals surface area contributed by atoms with Gasteiger partial charge < -0.3 is 5.73 Å². The minimum absolute atomic E-state index is 0.0572. The Bertz CT molecular complexity index is 968. The first kappa shape index (κ1) is 19.9. The second kappa shape index (κ2) is 6.95. The summed E-state index contributed by atoms with van der Waals surface area (Å²) < 4.78 is 28.3. The number of primary amides is 1. The molecular weight excluding hydrogens is 380 g/mol. The Morgan fingerprint density at radius 1 is 1.22 bits per heavy atom. The molecule has 146 valence electrons. The van der Waals surface area contributed by atoms with Crippen LogP contribution in [0.3, 0.4) is 0 Å². The van der Waals surface area contributed by atoms with E-state index in [1.54, 1.807) is 12.1 Å². The smallest absolute Gasteiger partial charge is 0.262 e. The van der Waals surface area contributed by atoms with Crippen LogP contribution in [0.4, 0.5) is 5.00 Å². The minimum atomic E-state index is -3.79. The van der Waals surface area contributed by atoms with E-state index in [2.05, 4.69) is 32.4 Å². The van der Waals surface area contributed by atoms with E-state index >= 15 is 0 Å². The molecule has 1 heterocycles. The number of amides is 1. The lowest BCUT2D eigenvalue weighted by Crippen LogP contribution is -2.19. The summed E-state index contributed by atoms with van der Waals surface area (Å²) in [6, 6.07) is 6.85. The predicted octanol–water partition coefficient (Wildman–Crippen LogP) is 4.07. The zero-order valence-electron chi connectivity index (χ0n) is 16.1. The van der Waals surface area contributed by atoms with E-state index < -0.39 is 15.9 Å². The largest absolute Gasteiger partial charge is 0.365 e. The van der Waals surface area contributed by atoms with E-state index in [9.17, 15) is 13.2 Å². The maximum absolute atomic E-state index is 12.9. The summed E-state index contributed by atoms with van der Waals surface area (Å²) in [7, 11) is -3.79. The number of sulfonamides is 1. The normalized spacial score (nSPS) is 17.4. The van der Waals surface area contributed by atoms with Gasteiger partial charge in [0.25, 0.3) is 15.9 Å². The Balaban J connectivity index is 1.95. The minimum Gasteiger partial charge on any atom is -0.365 e. The van der Waals surface area contributed by atoms with Crippen LogP contribution in [0.1, 0.15) is 60.5 Å². The number of carbonyl (C=O) groups excluding carboxylic acids is 1. The van der Waals surface area contributed by atoms with Crippen molar-refractivity contribution in [2.45, 2.75) is 57.3 Å². The fourth-order valence-electron chi connectivity index (χ4n) is 3.40. The van der Waals surface area contributed by atoms with Crippen molar-refractivity contribution < 1.29 is 13.2 Å². The molecule has 0 fully saturated rings. The van der Waals surface area contributed by atoms with Crippen LogP contribution < -0.4 is 10.5 Å². The Morgan fingerprint density at radius 2 is 1.85 bits per heavy atom. The average molecular weight is 407 g/mol. The third kappa shape index (κ3) is 4.04. The summed E-state index contributed by atoms with van der Waals surface area (Å²) in [5.41, 5.74) is 7.81. The van der Waals surface area contributed by atoms with Gasteiger partial charge in [-0.25, -0.2) is 8.42 Å². The first-order chi connectivity index (χ1) is 12.5. The molecule has 1 aliphatic rings. The van der Waals surface area contributed by atoms with Crippen LogP contribution in [0, 0.1) is 5.92 Å². The molecule has 1 amide bonds. The zero-order chi connectivity index (χ0) is 20.0. The highest BCUT2D eigenvalue weighted by Crippen LogP contribution is 2.40. The van der Waals surface area contributed by atoms with Crippen molar-refractivity contribution >= 4 is 32.3 Å². The van der Waals surface area contributed by atoms with E-state index in [1.807, 2.05) is 12.1 Å². The van der Waals surface area contributed by atoms with Gasteiger partial charge in [0.1, 0.15) is 5.00 Å². The molecule has 0 radical (unpaired) electrons. The Kier molecular flexibility index (Phi) is 5.12. The molecular formula is C20H26N2O3S2. The Morgan fingerprint density at radius 3 is 2.41 bits per heavy atom. The fourth-order valence-corrected chi connectivity index (χ4v) is 6.12. The second-order valence-corrected chi connectivity index (χ2v) is 11.1. The maximum Gasteiger partial charge on any atom is 0.262 e. The lowest BCUT2D eigenvalue weighted by Gasteiger charge is -2.19. The van der Waals surface area contributed by atoms with Crippen LogP contribution >= 0.6 is 11.3 Å². The van der Waals surface area contributed by atoms with Crippen LogP contribution in [-0.2, 0) is 28.3 Å². The third-order valence-electron chi connectivity index (χ3n) is 5.02. The summed E-state index contributed by atoms with van der Waals surface area (Å²) in [4.78, 5) is 13.2. The molecule has 27 heavy (non-hydrogen) atoms. The van der Waals surface area contributed by atoms with Gasteiger partial charge in [0.15, 0.2) is 0 Å². The van der Waals surface area contributed by atoms with Gasteiger partial charge in [0, 0.05) is 4.88 Å². The van der Waals surface area contributed by atoms with E-state index in [0.29, 0.717) is 16.5 Å². The van der Waals surface area contributed by atoms with Crippen LogP contribution in [0.15, 0.2) is 29.2 Å². The summed E-state index contributed by atoms with van der Waals surface area (Å²) >= 11 is 1.33. The summed E-state index contributed by atoms with van der Waals surface area (Å²) in [6.07, 6.45) is 2.58. The van der Waals surface area contributed by atoms with Gasteiger partial charge in [-0.1, -0.05) is 39.8 Å². The topological polar surface area (TPSA) is 89.3 Å². The maximum atomic E-state index is 12.9. The lowest BCUT2D eigenvalue weighted by molar-refractivity contribution is 0.100. The number of anilines is 1. The first-order valence-electron chi connectivity index (χ1n) is 9.06. The van der Waals surface area contributed by atoms with Crippen molar-refractivity contribution in [3.63, 3.8) is 0 Å². The highest BCUT2D eigenvalue weighted by molar-refractivity contribution is 7.93. The van der Waals surface area contributed by atoms with Gasteiger partial charge in [-0.05, 0) is 53.9 Å². The summed E-state index contributed by atoms with van der Waals surface area (Å²) in [6.45, 7) is 8.38. The van der Waals surface area contributed by atoms with E-state index in [-0.39, 0.29) is 10.3 Å². The molecule has 5 nitrogen and oxygen atoms in total. The molecule has 1 aliphatic carbocycles. The van der Waals surface area contributed by atoms with Crippen molar-refractivity contribution in [2.75, 3.05) is 4.72 Å². The van der Waals surface area contributed by atoms with Crippen molar-refractivity contribution in [1.29, 1.82) is 0 Å². The molecule has 3 rings (SSSR count). The molecule has 1 aromatic heterocycles. The quantitative estimate of drug-likeness (QED) is 0.802. The number of hydrogen-bond acceptors (Lipinski definition) is 4. The molecule has 1 atom stereocenters. The summed E-state index contributed by atoms with van der Waals surface area (Å²) in [5, 5.41) is 0.335. The van der Waals surface area contributed by atoms with Gasteiger partial charge in [0.05, 0.1) is 10.5 Å². The Hall–Kier alpha value is -1.86. The lowest BCUT2D eigenvalue weighted by atomic mass is 9.87. The standard InChI is InChI=1S/C20H26N2O3S2/c1-12-5-10-15-16(11-12)26-19(17(15)18(21)23)22-27(24,25)14-8-6-13(7-9-14)20(2,3)4/h6-9,12,22H,5,10-11H2,1-4H3,(H2,21,23)/t12-/m1/s1. The van der Waals surface area contributed by atoms with Gasteiger partial charge in [-0.15, -0.1) is 11.3 Å². The van der Waals surface area contributed by atoms with Crippen LogP contribution in [0.2, 0.25) is 0 Å². The van der Waals surface area contributed by atoms with Crippen LogP contribution in [-0.4, -0.2) is 14.3 Å². The number of fused-ring (bicyclic) bond motifs is 1. The highest BCUT2D eigenvalue weighted by Gasteiger charge is 2.29. The zero-order valence-corrected chi connectivity index (χ0v) is 17.8. The molecule has 2 aromatic rings. The predicted molar refractivity (Wildman–Crippen MR) is 110 cm³/mol. The summed E-state index contributed by atoms with van der Waals surface area (Å²) in [5.74, 6) is -0.0610. The Labute approximate surface area is 165 Å². The molecule has 0 spiro atoms. The third-order valence-corrected chi connectivity index (χ3v) is 7.68. The number of rotatable bonds is 4. The molecule has 0 aliphatic heterocycles. The first-order valence-corrected chi connectivity index (χ1v) is 11.4. The van der Waals surface area contributed by atoms with Crippen LogP contribution in [0.5, 0.6) is 0 Å². The van der Waals surface area contributed by atoms with Crippen LogP contribution in [0.25, 0.3) is 0 Å². The van der Waals surface area contributed by atoms with E-state index in [0.717, 1.165) is 35.3 Å². The number of thiophene rings is 1.